The Morgan fingerprint density at radius 1 is 1.32 bits per heavy atom. The molecule has 0 bridgehead atoms. The molecule has 3 nitrogen and oxygen atoms in total. The van der Waals surface area contributed by atoms with E-state index in [1.807, 2.05) is 24.4 Å². The highest BCUT2D eigenvalue weighted by Gasteiger charge is 2.33. The summed E-state index contributed by atoms with van der Waals surface area (Å²) in [4.78, 5) is 16.0. The monoisotopic (exact) mass is 336 g/mol. The summed E-state index contributed by atoms with van der Waals surface area (Å²) < 4.78 is 37.9. The number of carbonyl (C=O) groups excluding carboxylic acids is 1. The molecular weight excluding hydrogens is 313 g/mol. The minimum absolute atomic E-state index is 0.00395. The van der Waals surface area contributed by atoms with E-state index in [1.54, 1.807) is 37.1 Å². The zero-order valence-electron chi connectivity index (χ0n) is 13.4. The Balaban J connectivity index is 2.69. The normalized spacial score (nSPS) is 13.7. The van der Waals surface area contributed by atoms with Crippen LogP contribution in [0.25, 0.3) is 0 Å². The van der Waals surface area contributed by atoms with Gasteiger partial charge < -0.3 is 4.90 Å². The molecule has 0 saturated heterocycles. The number of halogens is 3. The molecule has 1 aromatic heterocycles. The van der Waals surface area contributed by atoms with Crippen LogP contribution in [0.15, 0.2) is 17.5 Å². The molecule has 0 spiro atoms. The van der Waals surface area contributed by atoms with Crippen molar-refractivity contribution in [1.82, 2.24) is 9.80 Å². The van der Waals surface area contributed by atoms with Gasteiger partial charge in [0, 0.05) is 17.5 Å². The van der Waals surface area contributed by atoms with Gasteiger partial charge >= 0.3 is 6.18 Å². The van der Waals surface area contributed by atoms with Crippen molar-refractivity contribution in [3.63, 3.8) is 0 Å². The summed E-state index contributed by atoms with van der Waals surface area (Å²) >= 11 is 1.57. The molecule has 0 fully saturated rings. The third-order valence-electron chi connectivity index (χ3n) is 3.31. The van der Waals surface area contributed by atoms with Crippen LogP contribution in [-0.2, 0) is 4.79 Å². The molecule has 0 aromatic carbocycles. The van der Waals surface area contributed by atoms with Crippen LogP contribution in [0.5, 0.6) is 0 Å². The number of hydrogen-bond donors (Lipinski definition) is 0. The molecule has 1 amide bonds. The van der Waals surface area contributed by atoms with Crippen molar-refractivity contribution in [2.45, 2.75) is 33.0 Å². The van der Waals surface area contributed by atoms with Crippen LogP contribution in [0.3, 0.4) is 0 Å². The first-order valence-corrected chi connectivity index (χ1v) is 8.06. The van der Waals surface area contributed by atoms with E-state index in [-0.39, 0.29) is 25.0 Å². The standard InChI is InChI=1S/C15H23F3N2OS/c1-11(2)8-20(10-15(16,17)18)14(21)9-19(4)12(3)13-6-5-7-22-13/h5-7,11-12H,8-10H2,1-4H3. The molecule has 0 saturated carbocycles. The lowest BCUT2D eigenvalue weighted by Crippen LogP contribution is -2.45. The van der Waals surface area contributed by atoms with Gasteiger partial charge in [0.15, 0.2) is 0 Å². The smallest absolute Gasteiger partial charge is 0.332 e. The van der Waals surface area contributed by atoms with Crippen molar-refractivity contribution in [2.24, 2.45) is 5.92 Å². The van der Waals surface area contributed by atoms with Crippen molar-refractivity contribution in [2.75, 3.05) is 26.7 Å². The van der Waals surface area contributed by atoms with Crippen LogP contribution in [0.1, 0.15) is 31.7 Å². The Kier molecular flexibility index (Phi) is 6.87. The number of nitrogens with zero attached hydrogens (tertiary/aromatic N) is 2. The second kappa shape index (κ2) is 7.97. The highest BCUT2D eigenvalue weighted by molar-refractivity contribution is 7.10. The number of hydrogen-bond acceptors (Lipinski definition) is 3. The summed E-state index contributed by atoms with van der Waals surface area (Å²) in [6, 6.07) is 3.87. The molecule has 0 N–H and O–H groups in total. The maximum absolute atomic E-state index is 12.6. The second-order valence-electron chi connectivity index (χ2n) is 5.89. The van der Waals surface area contributed by atoms with Crippen LogP contribution < -0.4 is 0 Å². The Morgan fingerprint density at radius 2 is 1.95 bits per heavy atom. The lowest BCUT2D eigenvalue weighted by molar-refractivity contribution is -0.162. The molecule has 1 unspecified atom stereocenters. The molecule has 7 heteroatoms. The van der Waals surface area contributed by atoms with Crippen LogP contribution in [0.2, 0.25) is 0 Å². The van der Waals surface area contributed by atoms with Crippen molar-refractivity contribution < 1.29 is 18.0 Å². The fourth-order valence-corrected chi connectivity index (χ4v) is 2.96. The predicted molar refractivity (Wildman–Crippen MR) is 82.8 cm³/mol. The molecule has 126 valence electrons. The Bertz CT molecular complexity index is 460. The molecule has 1 heterocycles. The Morgan fingerprint density at radius 3 is 2.41 bits per heavy atom. The van der Waals surface area contributed by atoms with E-state index in [1.165, 1.54) is 0 Å². The van der Waals surface area contributed by atoms with Gasteiger partial charge in [-0.1, -0.05) is 19.9 Å². The zero-order chi connectivity index (χ0) is 16.9. The second-order valence-corrected chi connectivity index (χ2v) is 6.87. The van der Waals surface area contributed by atoms with E-state index in [2.05, 4.69) is 0 Å². The summed E-state index contributed by atoms with van der Waals surface area (Å²) in [5.74, 6) is -0.497. The van der Waals surface area contributed by atoms with E-state index in [9.17, 15) is 18.0 Å². The number of amides is 1. The third kappa shape index (κ3) is 6.36. The number of thiophene rings is 1. The zero-order valence-corrected chi connectivity index (χ0v) is 14.2. The molecule has 1 aromatic rings. The summed E-state index contributed by atoms with van der Waals surface area (Å²) in [6.07, 6.45) is -4.37. The molecule has 0 aliphatic carbocycles. The van der Waals surface area contributed by atoms with Crippen molar-refractivity contribution >= 4 is 17.2 Å². The van der Waals surface area contributed by atoms with Crippen LogP contribution in [-0.4, -0.2) is 48.6 Å². The first-order valence-electron chi connectivity index (χ1n) is 7.18. The van der Waals surface area contributed by atoms with E-state index >= 15 is 0 Å². The predicted octanol–water partition coefficient (Wildman–Crippen LogP) is 3.79. The van der Waals surface area contributed by atoms with Crippen LogP contribution >= 0.6 is 11.3 Å². The first kappa shape index (κ1) is 19.0. The molecule has 22 heavy (non-hydrogen) atoms. The van der Waals surface area contributed by atoms with Gasteiger partial charge in [-0.05, 0) is 31.3 Å². The number of carbonyl (C=O) groups is 1. The summed E-state index contributed by atoms with van der Waals surface area (Å²) in [6.45, 7) is 4.44. The summed E-state index contributed by atoms with van der Waals surface area (Å²) in [5.41, 5.74) is 0. The fraction of sp³-hybridized carbons (Fsp3) is 0.667. The highest BCUT2D eigenvalue weighted by atomic mass is 32.1. The van der Waals surface area contributed by atoms with Gasteiger partial charge in [0.25, 0.3) is 0 Å². The van der Waals surface area contributed by atoms with Gasteiger partial charge in [0.2, 0.25) is 5.91 Å². The average molecular weight is 336 g/mol. The lowest BCUT2D eigenvalue weighted by atomic mass is 10.2. The number of likely N-dealkylation sites (N-methyl/N-ethyl adjacent to an activating group) is 1. The minimum atomic E-state index is -4.37. The number of alkyl halides is 3. The third-order valence-corrected chi connectivity index (χ3v) is 4.35. The van der Waals surface area contributed by atoms with Gasteiger partial charge in [-0.25, -0.2) is 0 Å². The topological polar surface area (TPSA) is 23.6 Å². The highest BCUT2D eigenvalue weighted by Crippen LogP contribution is 2.23. The summed E-state index contributed by atoms with van der Waals surface area (Å²) in [7, 11) is 1.75. The SMILES string of the molecule is CC(C)CN(CC(F)(F)F)C(=O)CN(C)C(C)c1cccs1. The van der Waals surface area contributed by atoms with E-state index in [0.717, 1.165) is 9.78 Å². The van der Waals surface area contributed by atoms with Gasteiger partial charge in [0.05, 0.1) is 6.54 Å². The Hall–Kier alpha value is -1.08. The first-order chi connectivity index (χ1) is 10.1. The van der Waals surface area contributed by atoms with Gasteiger partial charge in [-0.15, -0.1) is 11.3 Å². The van der Waals surface area contributed by atoms with Gasteiger partial charge in [-0.2, -0.15) is 13.2 Å². The maximum Gasteiger partial charge on any atom is 0.406 e. The van der Waals surface area contributed by atoms with Crippen molar-refractivity contribution in [3.8, 4) is 0 Å². The molecule has 1 rings (SSSR count). The maximum atomic E-state index is 12.6. The molecular formula is C15H23F3N2OS. The molecule has 0 radical (unpaired) electrons. The van der Waals surface area contributed by atoms with Crippen LogP contribution in [0.4, 0.5) is 13.2 Å². The summed E-state index contributed by atoms with van der Waals surface area (Å²) in [5, 5.41) is 1.94. The quantitative estimate of drug-likeness (QED) is 0.756. The van der Waals surface area contributed by atoms with Crippen molar-refractivity contribution in [1.29, 1.82) is 0 Å². The number of rotatable bonds is 7. The van der Waals surface area contributed by atoms with Crippen molar-refractivity contribution in [3.05, 3.63) is 22.4 Å². The molecule has 0 aliphatic rings. The average Bonchev–Trinajstić information content (AvgIpc) is 2.88. The van der Waals surface area contributed by atoms with E-state index < -0.39 is 18.6 Å². The van der Waals surface area contributed by atoms with E-state index in [0.29, 0.717) is 0 Å². The largest absolute Gasteiger partial charge is 0.406 e. The minimum Gasteiger partial charge on any atom is -0.332 e. The lowest BCUT2D eigenvalue weighted by Gasteiger charge is -2.29. The van der Waals surface area contributed by atoms with Gasteiger partial charge in [-0.3, -0.25) is 9.69 Å². The fourth-order valence-electron chi connectivity index (χ4n) is 2.11. The molecule has 1 atom stereocenters. The Labute approximate surface area is 133 Å². The molecule has 0 aliphatic heterocycles. The van der Waals surface area contributed by atoms with Crippen LogP contribution in [0, 0.1) is 5.92 Å². The van der Waals surface area contributed by atoms with Gasteiger partial charge in [0.1, 0.15) is 6.54 Å². The van der Waals surface area contributed by atoms with E-state index in [4.69, 9.17) is 0 Å².